The van der Waals surface area contributed by atoms with Crippen LogP contribution in [0.3, 0.4) is 0 Å². The van der Waals surface area contributed by atoms with Gasteiger partial charge in [-0.15, -0.1) is 0 Å². The molecule has 0 aromatic heterocycles. The first-order valence-corrected chi connectivity index (χ1v) is 6.37. The minimum absolute atomic E-state index is 0.0432. The van der Waals surface area contributed by atoms with Crippen LogP contribution in [0.4, 0.5) is 4.39 Å². The molecular formula is C14H14FNO4. The molecule has 2 aliphatic heterocycles. The average molecular weight is 279 g/mol. The van der Waals surface area contributed by atoms with E-state index in [1.54, 1.807) is 18.2 Å². The van der Waals surface area contributed by atoms with Crippen molar-refractivity contribution in [2.75, 3.05) is 13.2 Å². The zero-order chi connectivity index (χ0) is 14.3. The number of benzene rings is 1. The molecule has 1 aromatic carbocycles. The van der Waals surface area contributed by atoms with Gasteiger partial charge in [-0.1, -0.05) is 18.2 Å². The van der Waals surface area contributed by atoms with Crippen LogP contribution in [0, 0.1) is 11.7 Å². The standard InChI is InChI=1S/C14H14FNO4/c1-9(18)16-14(10-4-2-3-5-12(10)15)8-19-13(6-17)11(14)7-20-16/h2-6,11,13H,7-8H2,1H3/t11-,13-,14-/m1/s1. The van der Waals surface area contributed by atoms with Gasteiger partial charge in [0.1, 0.15) is 23.7 Å². The highest BCUT2D eigenvalue weighted by Crippen LogP contribution is 2.49. The first-order chi connectivity index (χ1) is 9.61. The normalized spacial score (nSPS) is 32.2. The summed E-state index contributed by atoms with van der Waals surface area (Å²) >= 11 is 0. The molecule has 2 fully saturated rings. The van der Waals surface area contributed by atoms with Gasteiger partial charge in [-0.2, -0.15) is 0 Å². The maximum atomic E-state index is 14.2. The van der Waals surface area contributed by atoms with Crippen molar-refractivity contribution >= 4 is 12.2 Å². The Kier molecular flexibility index (Phi) is 3.07. The molecule has 5 nitrogen and oxygen atoms in total. The van der Waals surface area contributed by atoms with Gasteiger partial charge >= 0.3 is 0 Å². The maximum Gasteiger partial charge on any atom is 0.243 e. The van der Waals surface area contributed by atoms with Crippen molar-refractivity contribution in [1.29, 1.82) is 0 Å². The number of carbonyl (C=O) groups excluding carboxylic acids is 2. The van der Waals surface area contributed by atoms with Crippen LogP contribution < -0.4 is 0 Å². The number of amides is 1. The van der Waals surface area contributed by atoms with Gasteiger partial charge in [0.25, 0.3) is 0 Å². The molecule has 0 radical (unpaired) electrons. The third kappa shape index (κ3) is 1.61. The predicted molar refractivity (Wildman–Crippen MR) is 65.8 cm³/mol. The van der Waals surface area contributed by atoms with Crippen molar-refractivity contribution in [2.24, 2.45) is 5.92 Å². The summed E-state index contributed by atoms with van der Waals surface area (Å²) in [7, 11) is 0. The Morgan fingerprint density at radius 1 is 1.50 bits per heavy atom. The van der Waals surface area contributed by atoms with E-state index in [2.05, 4.69) is 0 Å². The van der Waals surface area contributed by atoms with Crippen LogP contribution in [0.15, 0.2) is 24.3 Å². The van der Waals surface area contributed by atoms with E-state index < -0.39 is 23.4 Å². The molecule has 2 heterocycles. The summed E-state index contributed by atoms with van der Waals surface area (Å²) in [5.74, 6) is -1.18. The molecule has 0 unspecified atom stereocenters. The van der Waals surface area contributed by atoms with Crippen LogP contribution in [-0.2, 0) is 24.7 Å². The summed E-state index contributed by atoms with van der Waals surface area (Å²) in [5, 5.41) is 1.15. The summed E-state index contributed by atoms with van der Waals surface area (Å²) < 4.78 is 19.7. The first kappa shape index (κ1) is 13.2. The summed E-state index contributed by atoms with van der Waals surface area (Å²) in [4.78, 5) is 28.3. The van der Waals surface area contributed by atoms with Crippen LogP contribution in [0.2, 0.25) is 0 Å². The third-order valence-corrected chi connectivity index (χ3v) is 4.01. The Balaban J connectivity index is 2.16. The second kappa shape index (κ2) is 4.64. The van der Waals surface area contributed by atoms with Gasteiger partial charge in [0.15, 0.2) is 0 Å². The van der Waals surface area contributed by atoms with Crippen molar-refractivity contribution in [3.8, 4) is 0 Å². The van der Waals surface area contributed by atoms with Gasteiger partial charge in [0.2, 0.25) is 5.91 Å². The molecule has 0 saturated carbocycles. The van der Waals surface area contributed by atoms with Crippen LogP contribution >= 0.6 is 0 Å². The number of hydrogen-bond donors (Lipinski definition) is 0. The van der Waals surface area contributed by atoms with Gasteiger partial charge in [-0.25, -0.2) is 9.45 Å². The molecule has 0 N–H and O–H groups in total. The van der Waals surface area contributed by atoms with E-state index in [0.717, 1.165) is 5.06 Å². The SMILES string of the molecule is CC(=O)N1OC[C@@H]2[C@@H](C=O)OC[C@@]21c1ccccc1F. The Bertz CT molecular complexity index is 564. The summed E-state index contributed by atoms with van der Waals surface area (Å²) in [6.07, 6.45) is -0.0146. The minimum Gasteiger partial charge on any atom is -0.367 e. The number of hydrogen-bond acceptors (Lipinski definition) is 4. The highest BCUT2D eigenvalue weighted by molar-refractivity contribution is 5.74. The van der Waals surface area contributed by atoms with E-state index in [0.29, 0.717) is 11.8 Å². The van der Waals surface area contributed by atoms with E-state index in [9.17, 15) is 14.0 Å². The number of halogens is 1. The van der Waals surface area contributed by atoms with E-state index in [4.69, 9.17) is 9.57 Å². The minimum atomic E-state index is -1.07. The van der Waals surface area contributed by atoms with Crippen molar-refractivity contribution in [3.63, 3.8) is 0 Å². The van der Waals surface area contributed by atoms with E-state index in [-0.39, 0.29) is 19.1 Å². The zero-order valence-electron chi connectivity index (χ0n) is 10.9. The quantitative estimate of drug-likeness (QED) is 0.759. The molecule has 20 heavy (non-hydrogen) atoms. The van der Waals surface area contributed by atoms with Gasteiger partial charge in [-0.05, 0) is 6.07 Å². The lowest BCUT2D eigenvalue weighted by molar-refractivity contribution is -0.193. The topological polar surface area (TPSA) is 55.8 Å². The van der Waals surface area contributed by atoms with Gasteiger partial charge < -0.3 is 9.53 Å². The second-order valence-electron chi connectivity index (χ2n) is 5.03. The third-order valence-electron chi connectivity index (χ3n) is 4.01. The summed E-state index contributed by atoms with van der Waals surface area (Å²) in [5.41, 5.74) is -0.745. The monoisotopic (exact) mass is 279 g/mol. The molecule has 2 saturated heterocycles. The molecule has 6 heteroatoms. The molecule has 3 atom stereocenters. The average Bonchev–Trinajstić information content (AvgIpc) is 2.95. The fourth-order valence-electron chi connectivity index (χ4n) is 3.14. The lowest BCUT2D eigenvalue weighted by Gasteiger charge is -2.34. The fourth-order valence-corrected chi connectivity index (χ4v) is 3.14. The number of hydroxylamine groups is 2. The fraction of sp³-hybridized carbons (Fsp3) is 0.429. The van der Waals surface area contributed by atoms with Gasteiger partial charge in [-0.3, -0.25) is 9.63 Å². The Morgan fingerprint density at radius 3 is 2.90 bits per heavy atom. The highest BCUT2D eigenvalue weighted by atomic mass is 19.1. The molecule has 2 aliphatic rings. The molecule has 0 aliphatic carbocycles. The van der Waals surface area contributed by atoms with Crippen LogP contribution in [0.1, 0.15) is 12.5 Å². The smallest absolute Gasteiger partial charge is 0.243 e. The number of fused-ring (bicyclic) bond motifs is 1. The van der Waals surface area contributed by atoms with Crippen molar-refractivity contribution in [3.05, 3.63) is 35.6 Å². The highest BCUT2D eigenvalue weighted by Gasteiger charge is 2.61. The van der Waals surface area contributed by atoms with E-state index in [1.165, 1.54) is 13.0 Å². The zero-order valence-corrected chi connectivity index (χ0v) is 10.9. The van der Waals surface area contributed by atoms with Crippen LogP contribution in [0.5, 0.6) is 0 Å². The number of ether oxygens (including phenoxy) is 1. The predicted octanol–water partition coefficient (Wildman–Crippen LogP) is 1.03. The molecule has 0 spiro atoms. The Hall–Kier alpha value is -1.79. The number of nitrogens with zero attached hydrogens (tertiary/aromatic N) is 1. The number of rotatable bonds is 2. The van der Waals surface area contributed by atoms with Crippen LogP contribution in [0.25, 0.3) is 0 Å². The van der Waals surface area contributed by atoms with Crippen molar-refractivity contribution in [2.45, 2.75) is 18.6 Å². The number of aldehydes is 1. The van der Waals surface area contributed by atoms with Crippen molar-refractivity contribution in [1.82, 2.24) is 5.06 Å². The van der Waals surface area contributed by atoms with Crippen molar-refractivity contribution < 1.29 is 23.6 Å². The second-order valence-corrected chi connectivity index (χ2v) is 5.03. The largest absolute Gasteiger partial charge is 0.367 e. The van der Waals surface area contributed by atoms with E-state index in [1.807, 2.05) is 0 Å². The lowest BCUT2D eigenvalue weighted by atomic mass is 9.78. The van der Waals surface area contributed by atoms with E-state index >= 15 is 0 Å². The molecule has 106 valence electrons. The number of carbonyl (C=O) groups is 2. The lowest BCUT2D eigenvalue weighted by Crippen LogP contribution is -2.48. The molecular weight excluding hydrogens is 265 g/mol. The Labute approximate surface area is 115 Å². The summed E-state index contributed by atoms with van der Waals surface area (Å²) in [6, 6.07) is 6.19. The molecule has 3 rings (SSSR count). The first-order valence-electron chi connectivity index (χ1n) is 6.37. The maximum absolute atomic E-state index is 14.2. The molecule has 0 bridgehead atoms. The molecule has 1 amide bonds. The van der Waals surface area contributed by atoms with Gasteiger partial charge in [0, 0.05) is 12.5 Å². The van der Waals surface area contributed by atoms with Crippen LogP contribution in [-0.4, -0.2) is 36.6 Å². The summed E-state index contributed by atoms with van der Waals surface area (Å²) in [6.45, 7) is 1.54. The van der Waals surface area contributed by atoms with Gasteiger partial charge in [0.05, 0.1) is 19.1 Å². The molecule has 1 aromatic rings. The Morgan fingerprint density at radius 2 is 2.25 bits per heavy atom.